The molecule has 1 aromatic carbocycles. The fourth-order valence-corrected chi connectivity index (χ4v) is 3.48. The lowest BCUT2D eigenvalue weighted by atomic mass is 9.91. The number of hydrogen-bond donors (Lipinski definition) is 5. The predicted molar refractivity (Wildman–Crippen MR) is 123 cm³/mol. The monoisotopic (exact) mass is 455 g/mol. The number of thiol groups is 1. The van der Waals surface area contributed by atoms with E-state index in [4.69, 9.17) is 10.6 Å². The standard InChI is InChI=1S/C22H37N3O5S/c1-4-6-10-16-30-25(22(13-15-26,20(28)29)24-14-5-2)19(27)18(23)21(3,31)17-11-8-7-9-12-17/h7-9,11-12,18,24,26,31H,4-6,10,13-16,23H2,1-3H3,(H,28,29)/t18?,21-,22+/m0/s1. The fraction of sp³-hybridized carbons (Fsp3) is 0.636. The van der Waals surface area contributed by atoms with Crippen molar-refractivity contribution in [1.82, 2.24) is 10.4 Å². The number of rotatable bonds is 15. The third-order valence-corrected chi connectivity index (χ3v) is 5.78. The van der Waals surface area contributed by atoms with Crippen molar-refractivity contribution in [3.63, 3.8) is 0 Å². The summed E-state index contributed by atoms with van der Waals surface area (Å²) in [5, 5.41) is 23.4. The molecule has 0 saturated heterocycles. The summed E-state index contributed by atoms with van der Waals surface area (Å²) in [5.74, 6) is -2.05. The molecule has 3 atom stereocenters. The number of hydroxylamine groups is 2. The number of unbranched alkanes of at least 4 members (excludes halogenated alkanes) is 2. The van der Waals surface area contributed by atoms with E-state index < -0.39 is 34.9 Å². The van der Waals surface area contributed by atoms with Crippen molar-refractivity contribution in [3.05, 3.63) is 35.9 Å². The zero-order chi connectivity index (χ0) is 23.5. The van der Waals surface area contributed by atoms with Crippen LogP contribution in [0.2, 0.25) is 0 Å². The summed E-state index contributed by atoms with van der Waals surface area (Å²) < 4.78 is -1.09. The molecular formula is C22H37N3O5S. The lowest BCUT2D eigenvalue weighted by Crippen LogP contribution is -2.69. The number of carboxylic acid groups (broad SMARTS) is 1. The summed E-state index contributed by atoms with van der Waals surface area (Å²) >= 11 is 4.65. The van der Waals surface area contributed by atoms with Gasteiger partial charge in [0, 0.05) is 13.0 Å². The second-order valence-electron chi connectivity index (χ2n) is 7.73. The van der Waals surface area contributed by atoms with E-state index in [1.165, 1.54) is 0 Å². The number of aliphatic hydroxyl groups is 1. The van der Waals surface area contributed by atoms with Gasteiger partial charge in [-0.2, -0.15) is 17.7 Å². The Balaban J connectivity index is 3.36. The molecule has 0 radical (unpaired) electrons. The molecule has 0 fully saturated rings. The lowest BCUT2D eigenvalue weighted by Gasteiger charge is -2.42. The van der Waals surface area contributed by atoms with Gasteiger partial charge in [0.1, 0.15) is 6.04 Å². The van der Waals surface area contributed by atoms with Gasteiger partial charge in [0.2, 0.25) is 5.66 Å². The summed E-state index contributed by atoms with van der Waals surface area (Å²) in [5.41, 5.74) is 5.11. The zero-order valence-corrected chi connectivity index (χ0v) is 19.6. The van der Waals surface area contributed by atoms with Crippen LogP contribution < -0.4 is 11.1 Å². The third-order valence-electron chi connectivity index (χ3n) is 5.24. The van der Waals surface area contributed by atoms with Crippen molar-refractivity contribution < 1.29 is 24.6 Å². The topological polar surface area (TPSA) is 125 Å². The van der Waals surface area contributed by atoms with Gasteiger partial charge in [0.15, 0.2) is 0 Å². The molecule has 5 N–H and O–H groups in total. The average Bonchev–Trinajstić information content (AvgIpc) is 2.76. The maximum atomic E-state index is 13.6. The largest absolute Gasteiger partial charge is 0.478 e. The molecule has 1 aromatic rings. The molecule has 0 aromatic heterocycles. The Morgan fingerprint density at radius 2 is 1.87 bits per heavy atom. The molecule has 9 heteroatoms. The highest BCUT2D eigenvalue weighted by atomic mass is 32.1. The molecule has 0 aliphatic carbocycles. The quantitative estimate of drug-likeness (QED) is 0.119. The number of carbonyl (C=O) groups is 2. The van der Waals surface area contributed by atoms with Gasteiger partial charge < -0.3 is 15.9 Å². The van der Waals surface area contributed by atoms with Crippen LogP contribution in [0.4, 0.5) is 0 Å². The van der Waals surface area contributed by atoms with Crippen molar-refractivity contribution in [2.45, 2.75) is 69.3 Å². The van der Waals surface area contributed by atoms with E-state index >= 15 is 0 Å². The van der Waals surface area contributed by atoms with Crippen LogP contribution >= 0.6 is 12.6 Å². The van der Waals surface area contributed by atoms with E-state index in [2.05, 4.69) is 17.9 Å². The highest BCUT2D eigenvalue weighted by Gasteiger charge is 2.51. The van der Waals surface area contributed by atoms with Gasteiger partial charge in [0.05, 0.1) is 11.4 Å². The zero-order valence-electron chi connectivity index (χ0n) is 18.7. The molecular weight excluding hydrogens is 418 g/mol. The van der Waals surface area contributed by atoms with Crippen LogP contribution in [0.15, 0.2) is 30.3 Å². The Hall–Kier alpha value is -1.65. The van der Waals surface area contributed by atoms with E-state index in [-0.39, 0.29) is 13.0 Å². The summed E-state index contributed by atoms with van der Waals surface area (Å²) in [6.07, 6.45) is 2.82. The number of aliphatic carboxylic acids is 1. The summed E-state index contributed by atoms with van der Waals surface area (Å²) in [4.78, 5) is 31.7. The van der Waals surface area contributed by atoms with Gasteiger partial charge in [-0.25, -0.2) is 4.79 Å². The third kappa shape index (κ3) is 6.92. The summed E-state index contributed by atoms with van der Waals surface area (Å²) in [6, 6.07) is 7.88. The van der Waals surface area contributed by atoms with E-state index in [9.17, 15) is 19.8 Å². The maximum Gasteiger partial charge on any atom is 0.347 e. The molecule has 1 amide bonds. The minimum Gasteiger partial charge on any atom is -0.478 e. The summed E-state index contributed by atoms with van der Waals surface area (Å²) in [6.45, 7) is 5.60. The molecule has 0 spiro atoms. The lowest BCUT2D eigenvalue weighted by molar-refractivity contribution is -0.239. The Kier molecular flexibility index (Phi) is 11.5. The van der Waals surface area contributed by atoms with Crippen LogP contribution in [-0.2, 0) is 19.2 Å². The fourth-order valence-electron chi connectivity index (χ4n) is 3.22. The van der Waals surface area contributed by atoms with Gasteiger partial charge in [-0.05, 0) is 31.9 Å². The van der Waals surface area contributed by atoms with Gasteiger partial charge in [0.25, 0.3) is 5.91 Å². The van der Waals surface area contributed by atoms with Crippen LogP contribution in [-0.4, -0.2) is 58.6 Å². The van der Waals surface area contributed by atoms with Crippen molar-refractivity contribution in [1.29, 1.82) is 0 Å². The number of nitrogens with one attached hydrogen (secondary N) is 1. The Labute approximate surface area is 190 Å². The van der Waals surface area contributed by atoms with E-state index in [1.54, 1.807) is 19.1 Å². The van der Waals surface area contributed by atoms with Crippen LogP contribution in [0.3, 0.4) is 0 Å². The Bertz CT molecular complexity index is 689. The second kappa shape index (κ2) is 13.0. The van der Waals surface area contributed by atoms with E-state index in [0.29, 0.717) is 19.4 Å². The molecule has 1 unspecified atom stereocenters. The minimum atomic E-state index is -1.95. The highest BCUT2D eigenvalue weighted by molar-refractivity contribution is 7.81. The second-order valence-corrected chi connectivity index (χ2v) is 8.66. The van der Waals surface area contributed by atoms with Crippen molar-refractivity contribution in [3.8, 4) is 0 Å². The highest BCUT2D eigenvalue weighted by Crippen LogP contribution is 2.33. The van der Waals surface area contributed by atoms with Crippen LogP contribution in [0.5, 0.6) is 0 Å². The van der Waals surface area contributed by atoms with Crippen LogP contribution in [0.25, 0.3) is 0 Å². The molecule has 0 aliphatic heterocycles. The Morgan fingerprint density at radius 3 is 2.39 bits per heavy atom. The van der Waals surface area contributed by atoms with Gasteiger partial charge >= 0.3 is 5.97 Å². The average molecular weight is 456 g/mol. The van der Waals surface area contributed by atoms with Crippen molar-refractivity contribution >= 4 is 24.5 Å². The van der Waals surface area contributed by atoms with Gasteiger partial charge in [-0.3, -0.25) is 14.9 Å². The number of carbonyl (C=O) groups excluding carboxylic acids is 1. The van der Waals surface area contributed by atoms with E-state index in [0.717, 1.165) is 23.5 Å². The molecule has 176 valence electrons. The number of nitrogens with two attached hydrogens (primary N) is 1. The molecule has 0 heterocycles. The normalized spacial score (nSPS) is 16.2. The van der Waals surface area contributed by atoms with Crippen LogP contribution in [0, 0.1) is 0 Å². The first-order chi connectivity index (χ1) is 14.7. The molecule has 0 aliphatic rings. The van der Waals surface area contributed by atoms with Crippen molar-refractivity contribution in [2.24, 2.45) is 5.73 Å². The van der Waals surface area contributed by atoms with E-state index in [1.807, 2.05) is 32.0 Å². The van der Waals surface area contributed by atoms with Crippen LogP contribution in [0.1, 0.15) is 58.4 Å². The number of benzene rings is 1. The number of aliphatic hydroxyl groups excluding tert-OH is 1. The molecule has 1 rings (SSSR count). The smallest absolute Gasteiger partial charge is 0.347 e. The van der Waals surface area contributed by atoms with Gasteiger partial charge in [-0.15, -0.1) is 0 Å². The molecule has 31 heavy (non-hydrogen) atoms. The minimum absolute atomic E-state index is 0.148. The Morgan fingerprint density at radius 1 is 1.23 bits per heavy atom. The molecule has 0 saturated carbocycles. The number of carboxylic acids is 1. The summed E-state index contributed by atoms with van der Waals surface area (Å²) in [7, 11) is 0. The number of nitrogens with zero attached hydrogens (tertiary/aromatic N) is 1. The predicted octanol–water partition coefficient (Wildman–Crippen LogP) is 2.27. The number of amides is 1. The molecule has 0 bridgehead atoms. The first-order valence-corrected chi connectivity index (χ1v) is 11.2. The van der Waals surface area contributed by atoms with Gasteiger partial charge in [-0.1, -0.05) is 57.0 Å². The SMILES string of the molecule is CCCCCON(C(=O)C(N)[C@@](C)(S)c1ccccc1)[C@@](CCO)(NCCC)C(=O)O. The maximum absolute atomic E-state index is 13.6. The first kappa shape index (κ1) is 27.4. The number of hydrogen-bond acceptors (Lipinski definition) is 7. The van der Waals surface area contributed by atoms with Crippen molar-refractivity contribution in [2.75, 3.05) is 19.8 Å². The first-order valence-electron chi connectivity index (χ1n) is 10.8. The molecule has 8 nitrogen and oxygen atoms in total.